The van der Waals surface area contributed by atoms with Crippen molar-refractivity contribution in [2.75, 3.05) is 28.4 Å². The average Bonchev–Trinajstić information content (AvgIpc) is 3.37. The van der Waals surface area contributed by atoms with E-state index in [4.69, 9.17) is 32.2 Å². The van der Waals surface area contributed by atoms with E-state index in [2.05, 4.69) is 9.97 Å². The SMILES string of the molecule is COc1cc2nc(-c3coc(-c4nc5cc(OC)c(OC)cc5c(=O)o4)c3)oc(=O)c2cc1OC. The standard InChI is InChI=1S/C24H18N2O9/c1-29-16-6-12-14(8-18(16)31-3)25-21(34-23(12)27)11-5-20(33-10-11)22-26-15-9-19(32-4)17(30-2)7-13(15)24(28)35-22/h5-10H,1-4H3. The van der Waals surface area contributed by atoms with Crippen LogP contribution < -0.4 is 30.2 Å². The first-order valence-corrected chi connectivity index (χ1v) is 10.2. The minimum absolute atomic E-state index is 0.000684. The predicted octanol–water partition coefficient (Wildman–Crippen LogP) is 3.65. The van der Waals surface area contributed by atoms with E-state index >= 15 is 0 Å². The Hall–Kier alpha value is -4.80. The van der Waals surface area contributed by atoms with Gasteiger partial charge in [-0.2, -0.15) is 0 Å². The fourth-order valence-electron chi connectivity index (χ4n) is 3.59. The Morgan fingerprint density at radius 3 is 1.60 bits per heavy atom. The Kier molecular flexibility index (Phi) is 5.36. The number of hydrogen-bond donors (Lipinski definition) is 0. The molecule has 35 heavy (non-hydrogen) atoms. The minimum atomic E-state index is -0.639. The summed E-state index contributed by atoms with van der Waals surface area (Å²) in [4.78, 5) is 33.9. The lowest BCUT2D eigenvalue weighted by Gasteiger charge is -2.08. The molecule has 0 amide bonds. The Morgan fingerprint density at radius 2 is 1.09 bits per heavy atom. The lowest BCUT2D eigenvalue weighted by atomic mass is 10.2. The maximum absolute atomic E-state index is 12.6. The van der Waals surface area contributed by atoms with Crippen LogP contribution >= 0.6 is 0 Å². The van der Waals surface area contributed by atoms with Gasteiger partial charge in [-0.15, -0.1) is 0 Å². The van der Waals surface area contributed by atoms with Gasteiger partial charge < -0.3 is 32.2 Å². The first-order valence-electron chi connectivity index (χ1n) is 10.2. The van der Waals surface area contributed by atoms with Crippen molar-refractivity contribution in [1.29, 1.82) is 0 Å². The van der Waals surface area contributed by atoms with Gasteiger partial charge in [0.15, 0.2) is 28.8 Å². The molecule has 0 radical (unpaired) electrons. The molecule has 0 spiro atoms. The molecule has 2 aromatic carbocycles. The summed E-state index contributed by atoms with van der Waals surface area (Å²) in [6.45, 7) is 0. The zero-order chi connectivity index (χ0) is 24.7. The van der Waals surface area contributed by atoms with Crippen molar-refractivity contribution in [2.45, 2.75) is 0 Å². The van der Waals surface area contributed by atoms with E-state index < -0.39 is 11.3 Å². The smallest absolute Gasteiger partial charge is 0.347 e. The molecule has 11 heteroatoms. The second kappa shape index (κ2) is 8.52. The number of methoxy groups -OCH3 is 4. The molecule has 0 aliphatic carbocycles. The molecule has 0 aliphatic rings. The van der Waals surface area contributed by atoms with E-state index in [0.717, 1.165) is 0 Å². The zero-order valence-corrected chi connectivity index (χ0v) is 19.0. The van der Waals surface area contributed by atoms with Crippen molar-refractivity contribution >= 4 is 21.8 Å². The molecular weight excluding hydrogens is 460 g/mol. The summed E-state index contributed by atoms with van der Waals surface area (Å²) < 4.78 is 37.3. The number of ether oxygens (including phenoxy) is 4. The summed E-state index contributed by atoms with van der Waals surface area (Å²) in [6.07, 6.45) is 1.31. The number of rotatable bonds is 6. The van der Waals surface area contributed by atoms with Crippen molar-refractivity contribution in [3.63, 3.8) is 0 Å². The van der Waals surface area contributed by atoms with Crippen LogP contribution in [-0.4, -0.2) is 38.4 Å². The maximum atomic E-state index is 12.6. The number of aromatic nitrogens is 2. The second-order valence-corrected chi connectivity index (χ2v) is 7.26. The number of hydrogen-bond acceptors (Lipinski definition) is 11. The average molecular weight is 478 g/mol. The van der Waals surface area contributed by atoms with Crippen LogP contribution in [0.5, 0.6) is 23.0 Å². The molecular formula is C24H18N2O9. The normalized spacial score (nSPS) is 11.1. The molecule has 0 fully saturated rings. The molecule has 0 atom stereocenters. The van der Waals surface area contributed by atoms with Crippen LogP contribution in [0, 0.1) is 0 Å². The fourth-order valence-corrected chi connectivity index (χ4v) is 3.59. The largest absolute Gasteiger partial charge is 0.493 e. The second-order valence-electron chi connectivity index (χ2n) is 7.26. The molecule has 0 aliphatic heterocycles. The fraction of sp³-hybridized carbons (Fsp3) is 0.167. The molecule has 178 valence electrons. The lowest BCUT2D eigenvalue weighted by molar-refractivity contribution is 0.355. The summed E-state index contributed by atoms with van der Waals surface area (Å²) in [7, 11) is 5.88. The molecule has 3 aromatic heterocycles. The first-order chi connectivity index (χ1) is 16.9. The third-order valence-electron chi connectivity index (χ3n) is 5.32. The quantitative estimate of drug-likeness (QED) is 0.354. The third kappa shape index (κ3) is 3.72. The highest BCUT2D eigenvalue weighted by molar-refractivity contribution is 5.84. The molecule has 3 heterocycles. The van der Waals surface area contributed by atoms with Gasteiger partial charge in [0.25, 0.3) is 5.89 Å². The maximum Gasteiger partial charge on any atom is 0.347 e. The summed E-state index contributed by atoms with van der Waals surface area (Å²) in [5.41, 5.74) is -0.257. The summed E-state index contributed by atoms with van der Waals surface area (Å²) in [5, 5.41) is 0.437. The van der Waals surface area contributed by atoms with Gasteiger partial charge in [0.1, 0.15) is 6.26 Å². The van der Waals surface area contributed by atoms with E-state index in [-0.39, 0.29) is 28.3 Å². The van der Waals surface area contributed by atoms with E-state index in [1.165, 1.54) is 52.9 Å². The number of fused-ring (bicyclic) bond motifs is 2. The Morgan fingerprint density at radius 1 is 0.629 bits per heavy atom. The van der Waals surface area contributed by atoms with Crippen molar-refractivity contribution in [2.24, 2.45) is 0 Å². The highest BCUT2D eigenvalue weighted by atomic mass is 16.5. The van der Waals surface area contributed by atoms with Gasteiger partial charge in [-0.3, -0.25) is 0 Å². The number of benzene rings is 2. The zero-order valence-electron chi connectivity index (χ0n) is 19.0. The van der Waals surface area contributed by atoms with E-state index in [0.29, 0.717) is 39.6 Å². The van der Waals surface area contributed by atoms with Crippen LogP contribution in [0.2, 0.25) is 0 Å². The van der Waals surface area contributed by atoms with Crippen LogP contribution in [0.3, 0.4) is 0 Å². The molecule has 0 unspecified atom stereocenters. The topological polar surface area (TPSA) is 136 Å². The van der Waals surface area contributed by atoms with Crippen LogP contribution in [0.25, 0.3) is 44.9 Å². The van der Waals surface area contributed by atoms with Gasteiger partial charge in [0.2, 0.25) is 5.89 Å². The van der Waals surface area contributed by atoms with Crippen molar-refractivity contribution < 1.29 is 32.2 Å². The number of furan rings is 1. The van der Waals surface area contributed by atoms with Crippen LogP contribution in [0.15, 0.2) is 59.4 Å². The lowest BCUT2D eigenvalue weighted by Crippen LogP contribution is -2.04. The van der Waals surface area contributed by atoms with Gasteiger partial charge in [0.05, 0.1) is 55.8 Å². The Balaban J connectivity index is 1.59. The molecule has 0 saturated carbocycles. The van der Waals surface area contributed by atoms with Crippen LogP contribution in [0.4, 0.5) is 0 Å². The van der Waals surface area contributed by atoms with Gasteiger partial charge in [-0.1, -0.05) is 0 Å². The molecule has 0 saturated heterocycles. The van der Waals surface area contributed by atoms with Gasteiger partial charge in [-0.25, -0.2) is 19.6 Å². The first kappa shape index (κ1) is 22.0. The highest BCUT2D eigenvalue weighted by Gasteiger charge is 2.19. The van der Waals surface area contributed by atoms with Gasteiger partial charge >= 0.3 is 11.3 Å². The summed E-state index contributed by atoms with van der Waals surface area (Å²) in [5.74, 6) is 1.61. The molecule has 0 bridgehead atoms. The van der Waals surface area contributed by atoms with Crippen molar-refractivity contribution in [3.05, 3.63) is 57.4 Å². The van der Waals surface area contributed by atoms with E-state index in [1.807, 2.05) is 0 Å². The third-order valence-corrected chi connectivity index (χ3v) is 5.32. The predicted molar refractivity (Wildman–Crippen MR) is 123 cm³/mol. The molecule has 0 N–H and O–H groups in total. The van der Waals surface area contributed by atoms with Crippen LogP contribution in [-0.2, 0) is 0 Å². The summed E-state index contributed by atoms with van der Waals surface area (Å²) in [6, 6.07) is 7.61. The van der Waals surface area contributed by atoms with Gasteiger partial charge in [0, 0.05) is 30.3 Å². The highest BCUT2D eigenvalue weighted by Crippen LogP contribution is 2.33. The summed E-state index contributed by atoms with van der Waals surface area (Å²) >= 11 is 0. The molecule has 5 aromatic rings. The van der Waals surface area contributed by atoms with Gasteiger partial charge in [-0.05, 0) is 0 Å². The van der Waals surface area contributed by atoms with Crippen molar-refractivity contribution in [1.82, 2.24) is 9.97 Å². The molecule has 5 rings (SSSR count). The monoisotopic (exact) mass is 478 g/mol. The Bertz CT molecular complexity index is 1570. The molecule has 11 nitrogen and oxygen atoms in total. The number of nitrogens with zero attached hydrogens (tertiary/aromatic N) is 2. The minimum Gasteiger partial charge on any atom is -0.493 e. The van der Waals surface area contributed by atoms with E-state index in [1.54, 1.807) is 12.1 Å². The Labute approximate surface area is 196 Å². The van der Waals surface area contributed by atoms with Crippen molar-refractivity contribution in [3.8, 4) is 46.1 Å². The van der Waals surface area contributed by atoms with Crippen LogP contribution in [0.1, 0.15) is 0 Å². The van der Waals surface area contributed by atoms with E-state index in [9.17, 15) is 9.59 Å².